The highest BCUT2D eigenvalue weighted by atomic mass is 16.6. The van der Waals surface area contributed by atoms with Crippen LogP contribution in [0.3, 0.4) is 0 Å². The average molecular weight is 240 g/mol. The van der Waals surface area contributed by atoms with Crippen LogP contribution in [-0.4, -0.2) is 29.2 Å². The van der Waals surface area contributed by atoms with Gasteiger partial charge in [0.15, 0.2) is 0 Å². The van der Waals surface area contributed by atoms with Crippen LogP contribution in [0.5, 0.6) is 5.75 Å². The largest absolute Gasteiger partial charge is 0.496 e. The summed E-state index contributed by atoms with van der Waals surface area (Å²) in [4.78, 5) is 20.7. The highest BCUT2D eigenvalue weighted by molar-refractivity contribution is 5.73. The smallest absolute Gasteiger partial charge is 0.320 e. The van der Waals surface area contributed by atoms with Gasteiger partial charge in [0.25, 0.3) is 5.69 Å². The van der Waals surface area contributed by atoms with Crippen molar-refractivity contribution in [1.29, 1.82) is 0 Å². The molecule has 0 spiro atoms. The highest BCUT2D eigenvalue weighted by Crippen LogP contribution is 2.24. The third-order valence-electron chi connectivity index (χ3n) is 2.23. The molecule has 0 amide bonds. The lowest BCUT2D eigenvalue weighted by Gasteiger charge is -2.10. The lowest BCUT2D eigenvalue weighted by atomic mass is 10.0. The number of methoxy groups -OCH3 is 1. The van der Waals surface area contributed by atoms with Crippen LogP contribution < -0.4 is 10.5 Å². The van der Waals surface area contributed by atoms with E-state index in [-0.39, 0.29) is 12.1 Å². The molecule has 0 aromatic heterocycles. The number of carbonyl (C=O) groups is 1. The Kier molecular flexibility index (Phi) is 4.00. The van der Waals surface area contributed by atoms with Crippen molar-refractivity contribution in [3.05, 3.63) is 33.9 Å². The van der Waals surface area contributed by atoms with Gasteiger partial charge in [-0.05, 0) is 6.07 Å². The molecule has 3 N–H and O–H groups in total. The van der Waals surface area contributed by atoms with Crippen molar-refractivity contribution < 1.29 is 19.6 Å². The molecule has 1 atom stereocenters. The number of carboxylic acids is 1. The van der Waals surface area contributed by atoms with Crippen molar-refractivity contribution >= 4 is 11.7 Å². The number of carboxylic acid groups (broad SMARTS) is 1. The zero-order chi connectivity index (χ0) is 13.0. The predicted molar refractivity (Wildman–Crippen MR) is 59.0 cm³/mol. The Hall–Kier alpha value is -2.15. The number of aliphatic carboxylic acids is 1. The molecular weight excluding hydrogens is 228 g/mol. The topological polar surface area (TPSA) is 116 Å². The van der Waals surface area contributed by atoms with Crippen molar-refractivity contribution in [2.45, 2.75) is 12.5 Å². The Bertz CT molecular complexity index is 446. The first-order valence-electron chi connectivity index (χ1n) is 4.75. The quantitative estimate of drug-likeness (QED) is 0.573. The average Bonchev–Trinajstić information content (AvgIpc) is 2.28. The number of hydrogen-bond donors (Lipinski definition) is 2. The van der Waals surface area contributed by atoms with Crippen molar-refractivity contribution in [1.82, 2.24) is 0 Å². The Morgan fingerprint density at radius 2 is 2.29 bits per heavy atom. The van der Waals surface area contributed by atoms with Crippen molar-refractivity contribution in [3.8, 4) is 5.75 Å². The van der Waals surface area contributed by atoms with Gasteiger partial charge in [-0.25, -0.2) is 0 Å². The van der Waals surface area contributed by atoms with Gasteiger partial charge < -0.3 is 15.6 Å². The lowest BCUT2D eigenvalue weighted by molar-refractivity contribution is -0.384. The first kappa shape index (κ1) is 12.9. The summed E-state index contributed by atoms with van der Waals surface area (Å²) in [6.07, 6.45) is -0.0276. The minimum Gasteiger partial charge on any atom is -0.496 e. The molecule has 0 bridgehead atoms. The molecule has 1 rings (SSSR count). The van der Waals surface area contributed by atoms with E-state index >= 15 is 0 Å². The third-order valence-corrected chi connectivity index (χ3v) is 2.23. The number of nitro benzene ring substituents is 1. The number of nitrogens with two attached hydrogens (primary N) is 1. The fraction of sp³-hybridized carbons (Fsp3) is 0.300. The van der Waals surface area contributed by atoms with Gasteiger partial charge in [-0.15, -0.1) is 0 Å². The second kappa shape index (κ2) is 5.26. The fourth-order valence-corrected chi connectivity index (χ4v) is 1.36. The Labute approximate surface area is 97.0 Å². The number of rotatable bonds is 5. The molecule has 7 heteroatoms. The van der Waals surface area contributed by atoms with E-state index in [9.17, 15) is 14.9 Å². The molecule has 17 heavy (non-hydrogen) atoms. The Morgan fingerprint density at radius 3 is 2.76 bits per heavy atom. The minimum absolute atomic E-state index is 0.0276. The van der Waals surface area contributed by atoms with Crippen molar-refractivity contribution in [2.75, 3.05) is 7.11 Å². The van der Waals surface area contributed by atoms with Gasteiger partial charge in [0, 0.05) is 24.1 Å². The van der Waals surface area contributed by atoms with E-state index in [0.29, 0.717) is 11.3 Å². The summed E-state index contributed by atoms with van der Waals surface area (Å²) in [5.41, 5.74) is 5.65. The van der Waals surface area contributed by atoms with E-state index < -0.39 is 16.9 Å². The van der Waals surface area contributed by atoms with Crippen LogP contribution in [0.2, 0.25) is 0 Å². The Morgan fingerprint density at radius 1 is 1.65 bits per heavy atom. The second-order valence-corrected chi connectivity index (χ2v) is 3.40. The van der Waals surface area contributed by atoms with Gasteiger partial charge in [0.05, 0.1) is 12.0 Å². The van der Waals surface area contributed by atoms with Gasteiger partial charge in [-0.2, -0.15) is 0 Å². The zero-order valence-corrected chi connectivity index (χ0v) is 9.12. The van der Waals surface area contributed by atoms with Crippen molar-refractivity contribution in [2.24, 2.45) is 5.73 Å². The molecule has 0 heterocycles. The van der Waals surface area contributed by atoms with E-state index in [2.05, 4.69) is 0 Å². The number of hydrogen-bond acceptors (Lipinski definition) is 5. The lowest BCUT2D eigenvalue weighted by Crippen LogP contribution is -2.32. The van der Waals surface area contributed by atoms with E-state index in [1.165, 1.54) is 25.3 Å². The molecule has 92 valence electrons. The number of benzene rings is 1. The van der Waals surface area contributed by atoms with Crippen LogP contribution in [0.15, 0.2) is 18.2 Å². The van der Waals surface area contributed by atoms with Crippen LogP contribution in [0.4, 0.5) is 5.69 Å². The van der Waals surface area contributed by atoms with Crippen LogP contribution in [0, 0.1) is 10.1 Å². The van der Waals surface area contributed by atoms with Crippen LogP contribution in [0.1, 0.15) is 5.56 Å². The minimum atomic E-state index is -1.17. The maximum absolute atomic E-state index is 10.6. The molecule has 7 nitrogen and oxygen atoms in total. The summed E-state index contributed by atoms with van der Waals surface area (Å²) in [5.74, 6) is -0.786. The van der Waals surface area contributed by atoms with Gasteiger partial charge in [-0.3, -0.25) is 14.9 Å². The number of nitro groups is 1. The van der Waals surface area contributed by atoms with Gasteiger partial charge >= 0.3 is 5.97 Å². The molecule has 0 saturated heterocycles. The number of non-ortho nitro benzene ring substituents is 1. The summed E-state index contributed by atoms with van der Waals surface area (Å²) < 4.78 is 4.99. The van der Waals surface area contributed by atoms with E-state index in [1.807, 2.05) is 0 Å². The maximum Gasteiger partial charge on any atom is 0.320 e. The zero-order valence-electron chi connectivity index (χ0n) is 9.12. The monoisotopic (exact) mass is 240 g/mol. The third kappa shape index (κ3) is 3.15. The summed E-state index contributed by atoms with van der Waals surface area (Å²) in [7, 11) is 1.40. The Balaban J connectivity index is 3.06. The van der Waals surface area contributed by atoms with Gasteiger partial charge in [-0.1, -0.05) is 0 Å². The molecule has 0 radical (unpaired) electrons. The van der Waals surface area contributed by atoms with Gasteiger partial charge in [0.2, 0.25) is 0 Å². The maximum atomic E-state index is 10.6. The van der Waals surface area contributed by atoms with Crippen LogP contribution in [0.25, 0.3) is 0 Å². The molecule has 0 aliphatic rings. The number of nitrogens with zero attached hydrogens (tertiary/aromatic N) is 1. The van der Waals surface area contributed by atoms with E-state index in [4.69, 9.17) is 15.6 Å². The van der Waals surface area contributed by atoms with Crippen molar-refractivity contribution in [3.63, 3.8) is 0 Å². The number of ether oxygens (including phenoxy) is 1. The fourth-order valence-electron chi connectivity index (χ4n) is 1.36. The molecule has 0 aliphatic heterocycles. The highest BCUT2D eigenvalue weighted by Gasteiger charge is 2.17. The summed E-state index contributed by atoms with van der Waals surface area (Å²) in [6, 6.07) is 2.85. The first-order valence-corrected chi connectivity index (χ1v) is 4.75. The summed E-state index contributed by atoms with van der Waals surface area (Å²) >= 11 is 0. The molecule has 0 unspecified atom stereocenters. The standard InChI is InChI=1S/C10H12N2O5/c1-17-9-3-2-7(12(15)16)4-6(9)5-8(11)10(13)14/h2-4,8H,5,11H2,1H3,(H,13,14)/t8-/m1/s1. The normalized spacial score (nSPS) is 11.9. The van der Waals surface area contributed by atoms with Gasteiger partial charge in [0.1, 0.15) is 11.8 Å². The second-order valence-electron chi connectivity index (χ2n) is 3.40. The SMILES string of the molecule is COc1ccc([N+](=O)[O-])cc1C[C@@H](N)C(=O)O. The van der Waals surface area contributed by atoms with Crippen LogP contribution >= 0.6 is 0 Å². The molecule has 0 fully saturated rings. The molecular formula is C10H12N2O5. The molecule has 0 saturated carbocycles. The molecule has 1 aromatic carbocycles. The summed E-state index contributed by atoms with van der Waals surface area (Å²) in [5, 5.41) is 19.3. The molecule has 0 aliphatic carbocycles. The predicted octanol–water partition coefficient (Wildman–Crippen LogP) is 0.558. The van der Waals surface area contributed by atoms with E-state index in [1.54, 1.807) is 0 Å². The molecule has 1 aromatic rings. The summed E-state index contributed by atoms with van der Waals surface area (Å²) in [6.45, 7) is 0. The van der Waals surface area contributed by atoms with E-state index in [0.717, 1.165) is 0 Å². The van der Waals surface area contributed by atoms with Crippen LogP contribution in [-0.2, 0) is 11.2 Å². The first-order chi connectivity index (χ1) is 7.95.